The second-order valence-corrected chi connectivity index (χ2v) is 4.94. The second kappa shape index (κ2) is 8.81. The van der Waals surface area contributed by atoms with Gasteiger partial charge in [-0.15, -0.1) is 0 Å². The number of ether oxygens (including phenoxy) is 1. The van der Waals surface area contributed by atoms with E-state index in [1.807, 2.05) is 13.8 Å². The first-order chi connectivity index (χ1) is 9.25. The summed E-state index contributed by atoms with van der Waals surface area (Å²) in [5.74, 6) is 1.54. The summed E-state index contributed by atoms with van der Waals surface area (Å²) in [5, 5.41) is 3.36. The molecule has 0 atom stereocenters. The van der Waals surface area contributed by atoms with E-state index in [4.69, 9.17) is 4.74 Å². The van der Waals surface area contributed by atoms with Crippen LogP contribution in [0.25, 0.3) is 0 Å². The van der Waals surface area contributed by atoms with Crippen molar-refractivity contribution in [2.24, 2.45) is 5.92 Å². The minimum Gasteiger partial charge on any atom is -0.493 e. The largest absolute Gasteiger partial charge is 0.493 e. The van der Waals surface area contributed by atoms with Gasteiger partial charge in [0.2, 0.25) is 0 Å². The zero-order valence-electron chi connectivity index (χ0n) is 12.8. The molecule has 1 aromatic rings. The van der Waals surface area contributed by atoms with E-state index in [-0.39, 0.29) is 0 Å². The van der Waals surface area contributed by atoms with Crippen LogP contribution >= 0.6 is 0 Å². The summed E-state index contributed by atoms with van der Waals surface area (Å²) >= 11 is 0. The third-order valence-corrected chi connectivity index (χ3v) is 2.90. The quantitative estimate of drug-likeness (QED) is 0.904. The molecule has 108 valence electrons. The van der Waals surface area contributed by atoms with Gasteiger partial charge in [-0.05, 0) is 30.2 Å². The van der Waals surface area contributed by atoms with Gasteiger partial charge in [-0.1, -0.05) is 27.7 Å². The van der Waals surface area contributed by atoms with Gasteiger partial charge < -0.3 is 15.0 Å². The van der Waals surface area contributed by atoms with E-state index in [1.165, 1.54) is 5.69 Å². The second-order valence-electron chi connectivity index (χ2n) is 4.94. The topological polar surface area (TPSA) is 24.5 Å². The highest BCUT2D eigenvalue weighted by atomic mass is 16.5. The van der Waals surface area contributed by atoms with Gasteiger partial charge in [0.1, 0.15) is 5.75 Å². The van der Waals surface area contributed by atoms with Crippen LogP contribution in [0.1, 0.15) is 27.7 Å². The predicted molar refractivity (Wildman–Crippen MR) is 83.2 cm³/mol. The van der Waals surface area contributed by atoms with Crippen LogP contribution in [0.5, 0.6) is 5.75 Å². The maximum Gasteiger partial charge on any atom is 0.119 e. The van der Waals surface area contributed by atoms with Crippen molar-refractivity contribution in [1.82, 2.24) is 5.32 Å². The molecule has 0 saturated carbocycles. The molecule has 3 nitrogen and oxygen atoms in total. The number of nitrogens with one attached hydrogen (secondary N) is 1. The van der Waals surface area contributed by atoms with Gasteiger partial charge in [-0.25, -0.2) is 0 Å². The van der Waals surface area contributed by atoms with Gasteiger partial charge in [-0.2, -0.15) is 0 Å². The molecule has 1 fully saturated rings. The molecule has 0 amide bonds. The fourth-order valence-electron chi connectivity index (χ4n) is 1.94. The Balaban J connectivity index is 0.000000861. The van der Waals surface area contributed by atoms with Crippen LogP contribution in [-0.4, -0.2) is 32.8 Å². The summed E-state index contributed by atoms with van der Waals surface area (Å²) in [7, 11) is 0. The molecule has 0 bridgehead atoms. The van der Waals surface area contributed by atoms with Crippen molar-refractivity contribution in [3.05, 3.63) is 24.3 Å². The summed E-state index contributed by atoms with van der Waals surface area (Å²) in [6.07, 6.45) is 0. The maximum absolute atomic E-state index is 5.68. The Kier molecular flexibility index (Phi) is 7.34. The molecule has 1 N–H and O–H groups in total. The van der Waals surface area contributed by atoms with Gasteiger partial charge >= 0.3 is 0 Å². The highest BCUT2D eigenvalue weighted by molar-refractivity contribution is 5.49. The molecular formula is C16H28N2O. The average molecular weight is 264 g/mol. The first-order valence-electron chi connectivity index (χ1n) is 7.44. The molecule has 19 heavy (non-hydrogen) atoms. The normalized spacial score (nSPS) is 14.9. The Labute approximate surface area is 118 Å². The van der Waals surface area contributed by atoms with Gasteiger partial charge in [0.05, 0.1) is 6.61 Å². The summed E-state index contributed by atoms with van der Waals surface area (Å²) in [6, 6.07) is 8.45. The molecule has 0 unspecified atom stereocenters. The highest BCUT2D eigenvalue weighted by Gasteiger charge is 2.09. The summed E-state index contributed by atoms with van der Waals surface area (Å²) in [6.45, 7) is 13.4. The number of nitrogens with zero attached hydrogens (tertiary/aromatic N) is 1. The summed E-state index contributed by atoms with van der Waals surface area (Å²) < 4.78 is 5.68. The van der Waals surface area contributed by atoms with Gasteiger partial charge in [-0.3, -0.25) is 0 Å². The van der Waals surface area contributed by atoms with Gasteiger partial charge in [0.15, 0.2) is 0 Å². The lowest BCUT2D eigenvalue weighted by molar-refractivity contribution is 0.271. The molecule has 0 aliphatic carbocycles. The first-order valence-corrected chi connectivity index (χ1v) is 7.44. The van der Waals surface area contributed by atoms with E-state index in [0.29, 0.717) is 5.92 Å². The SMILES string of the molecule is CC.CC(C)COc1ccc(N2CCNCC2)cc1. The van der Waals surface area contributed by atoms with Crippen LogP contribution in [0.3, 0.4) is 0 Å². The third kappa shape index (κ3) is 5.52. The van der Waals surface area contributed by atoms with Crippen LogP contribution in [-0.2, 0) is 0 Å². The molecule has 1 saturated heterocycles. The summed E-state index contributed by atoms with van der Waals surface area (Å²) in [4.78, 5) is 2.41. The van der Waals surface area contributed by atoms with Crippen LogP contribution in [0, 0.1) is 5.92 Å². The fourth-order valence-corrected chi connectivity index (χ4v) is 1.94. The van der Waals surface area contributed by atoms with E-state index >= 15 is 0 Å². The monoisotopic (exact) mass is 264 g/mol. The number of piperazine rings is 1. The first kappa shape index (κ1) is 15.8. The Morgan fingerprint density at radius 1 is 1.11 bits per heavy atom. The molecule has 3 heteroatoms. The lowest BCUT2D eigenvalue weighted by Gasteiger charge is -2.29. The number of rotatable bonds is 4. The number of benzene rings is 1. The molecular weight excluding hydrogens is 236 g/mol. The Morgan fingerprint density at radius 3 is 2.21 bits per heavy atom. The van der Waals surface area contributed by atoms with Crippen molar-refractivity contribution in [2.45, 2.75) is 27.7 Å². The van der Waals surface area contributed by atoms with Crippen LogP contribution < -0.4 is 15.0 Å². The molecule has 0 spiro atoms. The van der Waals surface area contributed by atoms with Gasteiger partial charge in [0.25, 0.3) is 0 Å². The van der Waals surface area contributed by atoms with Gasteiger partial charge in [0, 0.05) is 31.9 Å². The molecule has 1 heterocycles. The third-order valence-electron chi connectivity index (χ3n) is 2.90. The lowest BCUT2D eigenvalue weighted by Crippen LogP contribution is -2.43. The minimum atomic E-state index is 0.572. The lowest BCUT2D eigenvalue weighted by atomic mass is 10.2. The molecule has 1 aliphatic heterocycles. The van der Waals surface area contributed by atoms with Crippen molar-refractivity contribution in [3.8, 4) is 5.75 Å². The Morgan fingerprint density at radius 2 is 1.68 bits per heavy atom. The number of hydrogen-bond acceptors (Lipinski definition) is 3. The number of hydrogen-bond donors (Lipinski definition) is 1. The molecule has 1 aliphatic rings. The molecule has 0 radical (unpaired) electrons. The van der Waals surface area contributed by atoms with E-state index in [0.717, 1.165) is 38.5 Å². The minimum absolute atomic E-state index is 0.572. The van der Waals surface area contributed by atoms with Crippen molar-refractivity contribution in [1.29, 1.82) is 0 Å². The smallest absolute Gasteiger partial charge is 0.119 e. The maximum atomic E-state index is 5.68. The predicted octanol–water partition coefficient (Wildman–Crippen LogP) is 3.16. The van der Waals surface area contributed by atoms with Crippen molar-refractivity contribution < 1.29 is 4.74 Å². The van der Waals surface area contributed by atoms with Crippen LogP contribution in [0.15, 0.2) is 24.3 Å². The molecule has 2 rings (SSSR count). The zero-order valence-corrected chi connectivity index (χ0v) is 12.8. The zero-order chi connectivity index (χ0) is 14.1. The van der Waals surface area contributed by atoms with E-state index in [2.05, 4.69) is 48.3 Å². The van der Waals surface area contributed by atoms with Crippen molar-refractivity contribution in [2.75, 3.05) is 37.7 Å². The summed E-state index contributed by atoms with van der Waals surface area (Å²) in [5.41, 5.74) is 1.29. The Hall–Kier alpha value is -1.22. The van der Waals surface area contributed by atoms with E-state index in [9.17, 15) is 0 Å². The van der Waals surface area contributed by atoms with E-state index in [1.54, 1.807) is 0 Å². The van der Waals surface area contributed by atoms with Crippen molar-refractivity contribution in [3.63, 3.8) is 0 Å². The molecule has 1 aromatic carbocycles. The highest BCUT2D eigenvalue weighted by Crippen LogP contribution is 2.20. The Bertz CT molecular complexity index is 329. The van der Waals surface area contributed by atoms with Crippen molar-refractivity contribution >= 4 is 5.69 Å². The van der Waals surface area contributed by atoms with Crippen LogP contribution in [0.2, 0.25) is 0 Å². The average Bonchev–Trinajstić information content (AvgIpc) is 2.49. The fraction of sp³-hybridized carbons (Fsp3) is 0.625. The standard InChI is InChI=1S/C14H22N2O.C2H6/c1-12(2)11-17-14-5-3-13(4-6-14)16-9-7-15-8-10-16;1-2/h3-6,12,15H,7-11H2,1-2H3;1-2H3. The van der Waals surface area contributed by atoms with E-state index < -0.39 is 0 Å². The molecule has 0 aromatic heterocycles. The number of anilines is 1. The van der Waals surface area contributed by atoms with Crippen LogP contribution in [0.4, 0.5) is 5.69 Å².